The van der Waals surface area contributed by atoms with E-state index < -0.39 is 0 Å². The fraction of sp³-hybridized carbons (Fsp3) is 0.0769. The van der Waals surface area contributed by atoms with Gasteiger partial charge in [0.1, 0.15) is 18.1 Å². The van der Waals surface area contributed by atoms with E-state index in [1.54, 1.807) is 37.4 Å². The molecule has 4 nitrogen and oxygen atoms in total. The summed E-state index contributed by atoms with van der Waals surface area (Å²) in [5, 5.41) is 8.59. The summed E-state index contributed by atoms with van der Waals surface area (Å²) in [4.78, 5) is 11.7. The minimum atomic E-state index is -0.238. The van der Waals surface area contributed by atoms with Gasteiger partial charge in [-0.3, -0.25) is 4.79 Å². The second-order valence-corrected chi connectivity index (χ2v) is 3.36. The number of ether oxygens (including phenoxy) is 1. The van der Waals surface area contributed by atoms with Crippen LogP contribution >= 0.6 is 0 Å². The highest BCUT2D eigenvalue weighted by Gasteiger charge is 2.05. The van der Waals surface area contributed by atoms with E-state index in [0.717, 1.165) is 5.56 Å². The predicted octanol–water partition coefficient (Wildman–Crippen LogP) is 2.19. The minimum absolute atomic E-state index is 0.00672. The molecule has 0 aliphatic carbocycles. The second-order valence-electron chi connectivity index (χ2n) is 3.36. The van der Waals surface area contributed by atoms with Gasteiger partial charge >= 0.3 is 0 Å². The summed E-state index contributed by atoms with van der Waals surface area (Å²) in [7, 11) is 1.57. The van der Waals surface area contributed by atoms with Crippen molar-refractivity contribution < 1.29 is 9.15 Å². The lowest BCUT2D eigenvalue weighted by atomic mass is 10.1. The average Bonchev–Trinajstić information content (AvgIpc) is 2.39. The first-order chi connectivity index (χ1) is 8.24. The summed E-state index contributed by atoms with van der Waals surface area (Å²) in [6.45, 7) is 0. The van der Waals surface area contributed by atoms with Crippen LogP contribution in [-0.4, -0.2) is 7.11 Å². The molecule has 0 aliphatic heterocycles. The molecule has 1 heterocycles. The van der Waals surface area contributed by atoms with Crippen molar-refractivity contribution in [3.8, 4) is 22.9 Å². The van der Waals surface area contributed by atoms with Gasteiger partial charge in [-0.1, -0.05) is 12.1 Å². The van der Waals surface area contributed by atoms with Gasteiger partial charge in [0.25, 0.3) is 0 Å². The molecule has 0 saturated carbocycles. The van der Waals surface area contributed by atoms with Gasteiger partial charge in [0.2, 0.25) is 5.76 Å². The van der Waals surface area contributed by atoms with Gasteiger partial charge in [0, 0.05) is 6.07 Å². The third-order valence-electron chi connectivity index (χ3n) is 2.34. The maximum atomic E-state index is 11.7. The molecule has 1 aromatic heterocycles. The number of rotatable bonds is 2. The van der Waals surface area contributed by atoms with E-state index in [2.05, 4.69) is 0 Å². The Balaban J connectivity index is 2.46. The molecule has 0 aliphatic rings. The zero-order valence-electron chi connectivity index (χ0n) is 9.14. The molecule has 0 unspecified atom stereocenters. The van der Waals surface area contributed by atoms with E-state index in [9.17, 15) is 4.79 Å². The van der Waals surface area contributed by atoms with Gasteiger partial charge in [0.05, 0.1) is 12.7 Å². The Morgan fingerprint density at radius 2 is 2.00 bits per heavy atom. The summed E-state index contributed by atoms with van der Waals surface area (Å²) in [5.74, 6) is 0.721. The first-order valence-corrected chi connectivity index (χ1v) is 4.92. The quantitative estimate of drug-likeness (QED) is 0.788. The van der Waals surface area contributed by atoms with E-state index in [0.29, 0.717) is 11.3 Å². The molecule has 84 valence electrons. The van der Waals surface area contributed by atoms with Crippen LogP contribution in [0.2, 0.25) is 0 Å². The number of hydrogen-bond donors (Lipinski definition) is 0. The zero-order valence-corrected chi connectivity index (χ0v) is 9.14. The third kappa shape index (κ3) is 2.18. The van der Waals surface area contributed by atoms with Crippen molar-refractivity contribution in [2.24, 2.45) is 0 Å². The van der Waals surface area contributed by atoms with E-state index in [4.69, 9.17) is 14.4 Å². The molecule has 0 spiro atoms. The lowest BCUT2D eigenvalue weighted by Crippen LogP contribution is -2.03. The van der Waals surface area contributed by atoms with Crippen LogP contribution in [0.3, 0.4) is 0 Å². The number of methoxy groups -OCH3 is 1. The number of benzene rings is 1. The SMILES string of the molecule is COc1ccc(-c2coc(C#N)cc2=O)cc1. The fourth-order valence-electron chi connectivity index (χ4n) is 1.45. The average molecular weight is 227 g/mol. The molecule has 17 heavy (non-hydrogen) atoms. The molecule has 0 radical (unpaired) electrons. The van der Waals surface area contributed by atoms with Crippen LogP contribution in [0.1, 0.15) is 5.76 Å². The fourth-order valence-corrected chi connectivity index (χ4v) is 1.45. The van der Waals surface area contributed by atoms with Crippen molar-refractivity contribution in [2.75, 3.05) is 7.11 Å². The summed E-state index contributed by atoms with van der Waals surface area (Å²) < 4.78 is 10.0. The topological polar surface area (TPSA) is 63.2 Å². The Morgan fingerprint density at radius 1 is 1.29 bits per heavy atom. The van der Waals surface area contributed by atoms with E-state index >= 15 is 0 Å². The largest absolute Gasteiger partial charge is 0.497 e. The van der Waals surface area contributed by atoms with Crippen LogP contribution in [0, 0.1) is 11.3 Å². The maximum Gasteiger partial charge on any atom is 0.207 e. The highest BCUT2D eigenvalue weighted by molar-refractivity contribution is 5.62. The number of hydrogen-bond acceptors (Lipinski definition) is 4. The van der Waals surface area contributed by atoms with Gasteiger partial charge in [-0.15, -0.1) is 0 Å². The third-order valence-corrected chi connectivity index (χ3v) is 2.34. The van der Waals surface area contributed by atoms with Gasteiger partial charge in [-0.2, -0.15) is 5.26 Å². The number of nitriles is 1. The smallest absolute Gasteiger partial charge is 0.207 e. The molecule has 0 saturated heterocycles. The molecule has 4 heteroatoms. The summed E-state index contributed by atoms with van der Waals surface area (Å²) >= 11 is 0. The standard InChI is InChI=1S/C13H9NO3/c1-16-10-4-2-9(3-5-10)12-8-17-11(7-14)6-13(12)15/h2-6,8H,1H3. The van der Waals surface area contributed by atoms with Gasteiger partial charge in [-0.25, -0.2) is 0 Å². The molecule has 1 aromatic carbocycles. The highest BCUT2D eigenvalue weighted by Crippen LogP contribution is 2.19. The monoisotopic (exact) mass is 227 g/mol. The molecular formula is C13H9NO3. The molecule has 0 bridgehead atoms. The molecule has 0 N–H and O–H groups in total. The predicted molar refractivity (Wildman–Crippen MR) is 61.7 cm³/mol. The first kappa shape index (κ1) is 11.0. The van der Waals surface area contributed by atoms with Gasteiger partial charge in [-0.05, 0) is 17.7 Å². The molecular weight excluding hydrogens is 218 g/mol. The van der Waals surface area contributed by atoms with Crippen molar-refractivity contribution >= 4 is 0 Å². The minimum Gasteiger partial charge on any atom is -0.497 e. The Morgan fingerprint density at radius 3 is 2.53 bits per heavy atom. The van der Waals surface area contributed by atoms with E-state index in [1.165, 1.54) is 12.3 Å². The molecule has 0 atom stereocenters. The van der Waals surface area contributed by atoms with Crippen LogP contribution in [0.25, 0.3) is 11.1 Å². The number of nitrogens with zero attached hydrogens (tertiary/aromatic N) is 1. The second kappa shape index (κ2) is 4.54. The summed E-state index contributed by atoms with van der Waals surface area (Å²) in [6.07, 6.45) is 1.29. The summed E-state index contributed by atoms with van der Waals surface area (Å²) in [6, 6.07) is 9.99. The van der Waals surface area contributed by atoms with Crippen molar-refractivity contribution in [2.45, 2.75) is 0 Å². The Kier molecular flexibility index (Phi) is 2.93. The normalized spacial score (nSPS) is 9.65. The van der Waals surface area contributed by atoms with Crippen LogP contribution in [-0.2, 0) is 0 Å². The van der Waals surface area contributed by atoms with Crippen molar-refractivity contribution in [3.05, 3.63) is 52.6 Å². The zero-order chi connectivity index (χ0) is 12.3. The highest BCUT2D eigenvalue weighted by atomic mass is 16.5. The summed E-state index contributed by atoms with van der Waals surface area (Å²) in [5.41, 5.74) is 0.911. The van der Waals surface area contributed by atoms with Crippen molar-refractivity contribution in [1.82, 2.24) is 0 Å². The van der Waals surface area contributed by atoms with Crippen molar-refractivity contribution in [1.29, 1.82) is 5.26 Å². The van der Waals surface area contributed by atoms with E-state index in [-0.39, 0.29) is 11.2 Å². The molecule has 2 aromatic rings. The van der Waals surface area contributed by atoms with Gasteiger partial charge < -0.3 is 9.15 Å². The Hall–Kier alpha value is -2.54. The van der Waals surface area contributed by atoms with Crippen LogP contribution in [0.5, 0.6) is 5.75 Å². The lowest BCUT2D eigenvalue weighted by molar-refractivity contribution is 0.415. The van der Waals surface area contributed by atoms with E-state index in [1.807, 2.05) is 0 Å². The van der Waals surface area contributed by atoms with Crippen molar-refractivity contribution in [3.63, 3.8) is 0 Å². The Labute approximate surface area is 97.7 Å². The Bertz CT molecular complexity index is 620. The molecule has 0 amide bonds. The van der Waals surface area contributed by atoms with Gasteiger partial charge in [0.15, 0.2) is 5.43 Å². The van der Waals surface area contributed by atoms with Crippen LogP contribution in [0.15, 0.2) is 45.8 Å². The van der Waals surface area contributed by atoms with Crippen LogP contribution in [0.4, 0.5) is 0 Å². The first-order valence-electron chi connectivity index (χ1n) is 4.92. The maximum absolute atomic E-state index is 11.7. The molecule has 0 fully saturated rings. The molecule has 2 rings (SSSR count). The van der Waals surface area contributed by atoms with Crippen LogP contribution < -0.4 is 10.2 Å². The lowest BCUT2D eigenvalue weighted by Gasteiger charge is -2.02.